The first-order chi connectivity index (χ1) is 12.2. The number of carbonyl (C=O) groups excluding carboxylic acids is 2. The van der Waals surface area contributed by atoms with Gasteiger partial charge in [0.2, 0.25) is 0 Å². The second kappa shape index (κ2) is 8.21. The molecule has 0 aliphatic carbocycles. The quantitative estimate of drug-likeness (QED) is 0.581. The van der Waals surface area contributed by atoms with Gasteiger partial charge in [-0.15, -0.1) is 0 Å². The lowest BCUT2D eigenvalue weighted by molar-refractivity contribution is -0.126. The Balaban J connectivity index is 2.18. The number of hydrogen-bond donors (Lipinski definition) is 0. The molecule has 0 bridgehead atoms. The molecule has 1 heterocycles. The van der Waals surface area contributed by atoms with Gasteiger partial charge >= 0.3 is 6.16 Å². The minimum absolute atomic E-state index is 0.118. The smallest absolute Gasteiger partial charge is 0.433 e. The van der Waals surface area contributed by atoms with E-state index >= 15 is 0 Å². The van der Waals surface area contributed by atoms with E-state index in [1.54, 1.807) is 6.07 Å². The Bertz CT molecular complexity index is 640. The van der Waals surface area contributed by atoms with Crippen molar-refractivity contribution in [1.82, 2.24) is 4.90 Å². The number of rotatable bonds is 5. The van der Waals surface area contributed by atoms with E-state index in [-0.39, 0.29) is 17.8 Å². The number of piperidine rings is 1. The Morgan fingerprint density at radius 2 is 1.85 bits per heavy atom. The molecule has 2 rings (SSSR count). The van der Waals surface area contributed by atoms with Crippen LogP contribution in [0.5, 0.6) is 5.75 Å². The number of carbonyl (C=O) groups is 2. The van der Waals surface area contributed by atoms with E-state index in [2.05, 4.69) is 11.9 Å². The average molecular weight is 361 g/mol. The lowest BCUT2D eigenvalue weighted by atomic mass is 9.69. The van der Waals surface area contributed by atoms with Crippen molar-refractivity contribution in [2.45, 2.75) is 52.4 Å². The standard InChI is InChI=1S/C21H31NO4/c1-6-18(23)21(10-12-22(5)13-11-21)16-8-7-9-17(14-16)26-19(24)25-15-20(2,3)4/h7-9,14H,6,10-13,15H2,1-5H3. The number of Topliss-reactive ketones (excluding diaryl/α,β-unsaturated/α-hetero) is 1. The highest BCUT2D eigenvalue weighted by Crippen LogP contribution is 2.38. The van der Waals surface area contributed by atoms with E-state index in [4.69, 9.17) is 9.47 Å². The van der Waals surface area contributed by atoms with E-state index in [0.717, 1.165) is 31.5 Å². The summed E-state index contributed by atoms with van der Waals surface area (Å²) in [5.74, 6) is 0.668. The molecule has 1 aromatic carbocycles. The van der Waals surface area contributed by atoms with Gasteiger partial charge in [-0.3, -0.25) is 4.79 Å². The van der Waals surface area contributed by atoms with E-state index < -0.39 is 11.6 Å². The minimum Gasteiger partial charge on any atom is -0.433 e. The SMILES string of the molecule is CCC(=O)C1(c2cccc(OC(=O)OCC(C)(C)C)c2)CCN(C)CC1. The second-order valence-electron chi connectivity index (χ2n) is 8.39. The van der Waals surface area contributed by atoms with Crippen molar-refractivity contribution >= 4 is 11.9 Å². The van der Waals surface area contributed by atoms with Crippen molar-refractivity contribution in [1.29, 1.82) is 0 Å². The first-order valence-electron chi connectivity index (χ1n) is 9.33. The Labute approximate surface area is 156 Å². The number of hydrogen-bond acceptors (Lipinski definition) is 5. The number of benzene rings is 1. The molecule has 1 fully saturated rings. The highest BCUT2D eigenvalue weighted by atomic mass is 16.7. The summed E-state index contributed by atoms with van der Waals surface area (Å²) in [6.07, 6.45) is 1.36. The Hall–Kier alpha value is -1.88. The van der Waals surface area contributed by atoms with Gasteiger partial charge in [-0.05, 0) is 56.1 Å². The molecule has 1 aromatic rings. The first-order valence-corrected chi connectivity index (χ1v) is 9.33. The van der Waals surface area contributed by atoms with Crippen molar-refractivity contribution in [3.63, 3.8) is 0 Å². The van der Waals surface area contributed by atoms with Gasteiger partial charge in [0.05, 0.1) is 12.0 Å². The van der Waals surface area contributed by atoms with Crippen LogP contribution < -0.4 is 4.74 Å². The summed E-state index contributed by atoms with van der Waals surface area (Å²) in [6, 6.07) is 7.34. The molecule has 5 heteroatoms. The highest BCUT2D eigenvalue weighted by molar-refractivity contribution is 5.90. The average Bonchev–Trinajstić information content (AvgIpc) is 2.60. The molecule has 0 saturated carbocycles. The van der Waals surface area contributed by atoms with Crippen molar-refractivity contribution < 1.29 is 19.1 Å². The molecule has 0 radical (unpaired) electrons. The third kappa shape index (κ3) is 5.07. The summed E-state index contributed by atoms with van der Waals surface area (Å²) in [5, 5.41) is 0. The topological polar surface area (TPSA) is 55.8 Å². The van der Waals surface area contributed by atoms with E-state index in [1.165, 1.54) is 0 Å². The molecule has 5 nitrogen and oxygen atoms in total. The Morgan fingerprint density at radius 3 is 2.42 bits per heavy atom. The fourth-order valence-electron chi connectivity index (χ4n) is 3.33. The largest absolute Gasteiger partial charge is 0.513 e. The third-order valence-corrected chi connectivity index (χ3v) is 4.91. The molecule has 1 aliphatic heterocycles. The lowest BCUT2D eigenvalue weighted by Gasteiger charge is -2.40. The molecule has 0 unspecified atom stereocenters. The second-order valence-corrected chi connectivity index (χ2v) is 8.39. The third-order valence-electron chi connectivity index (χ3n) is 4.91. The molecule has 144 valence electrons. The van der Waals surface area contributed by atoms with Crippen LogP contribution in [-0.2, 0) is 14.9 Å². The number of ether oxygens (including phenoxy) is 2. The summed E-state index contributed by atoms with van der Waals surface area (Å²) in [4.78, 5) is 27.0. The molecular weight excluding hydrogens is 330 g/mol. The van der Waals surface area contributed by atoms with Crippen LogP contribution in [0.4, 0.5) is 4.79 Å². The molecular formula is C21H31NO4. The van der Waals surface area contributed by atoms with E-state index in [9.17, 15) is 9.59 Å². The molecule has 0 aromatic heterocycles. The van der Waals surface area contributed by atoms with Crippen LogP contribution in [0, 0.1) is 5.41 Å². The maximum Gasteiger partial charge on any atom is 0.513 e. The van der Waals surface area contributed by atoms with Gasteiger partial charge in [-0.25, -0.2) is 4.79 Å². The van der Waals surface area contributed by atoms with E-state index in [0.29, 0.717) is 12.2 Å². The summed E-state index contributed by atoms with van der Waals surface area (Å²) in [6.45, 7) is 9.92. The zero-order chi connectivity index (χ0) is 19.4. The van der Waals surface area contributed by atoms with Gasteiger partial charge in [0.15, 0.2) is 0 Å². The zero-order valence-corrected chi connectivity index (χ0v) is 16.6. The number of ketones is 1. The van der Waals surface area contributed by atoms with Gasteiger partial charge < -0.3 is 14.4 Å². The molecule has 0 amide bonds. The monoisotopic (exact) mass is 361 g/mol. The lowest BCUT2D eigenvalue weighted by Crippen LogP contribution is -2.46. The van der Waals surface area contributed by atoms with Gasteiger partial charge in [-0.2, -0.15) is 0 Å². The van der Waals surface area contributed by atoms with Gasteiger partial charge in [0.25, 0.3) is 0 Å². The zero-order valence-electron chi connectivity index (χ0n) is 16.6. The normalized spacial score (nSPS) is 17.6. The predicted octanol–water partition coefficient (Wildman–Crippen LogP) is 4.19. The minimum atomic E-state index is -0.712. The Kier molecular flexibility index (Phi) is 6.45. The van der Waals surface area contributed by atoms with Crippen LogP contribution in [0.25, 0.3) is 0 Å². The number of nitrogens with zero attached hydrogens (tertiary/aromatic N) is 1. The van der Waals surface area contributed by atoms with Crippen LogP contribution in [0.3, 0.4) is 0 Å². The van der Waals surface area contributed by atoms with Crippen molar-refractivity contribution in [2.24, 2.45) is 5.41 Å². The summed E-state index contributed by atoms with van der Waals surface area (Å²) in [5.41, 5.74) is 0.321. The van der Waals surface area contributed by atoms with Crippen LogP contribution in [0.15, 0.2) is 24.3 Å². The van der Waals surface area contributed by atoms with Gasteiger partial charge in [-0.1, -0.05) is 39.8 Å². The fourth-order valence-corrected chi connectivity index (χ4v) is 3.33. The van der Waals surface area contributed by atoms with E-state index in [1.807, 2.05) is 45.9 Å². The molecule has 0 spiro atoms. The van der Waals surface area contributed by atoms with Crippen molar-refractivity contribution in [2.75, 3.05) is 26.7 Å². The summed E-state index contributed by atoms with van der Waals surface area (Å²) >= 11 is 0. The summed E-state index contributed by atoms with van der Waals surface area (Å²) in [7, 11) is 2.07. The molecule has 26 heavy (non-hydrogen) atoms. The number of likely N-dealkylation sites (tertiary alicyclic amines) is 1. The Morgan fingerprint density at radius 1 is 1.19 bits per heavy atom. The van der Waals surface area contributed by atoms with Crippen LogP contribution in [0.1, 0.15) is 52.5 Å². The fraction of sp³-hybridized carbons (Fsp3) is 0.619. The molecule has 1 saturated heterocycles. The molecule has 0 N–H and O–H groups in total. The highest BCUT2D eigenvalue weighted by Gasteiger charge is 2.41. The maximum absolute atomic E-state index is 12.8. The van der Waals surface area contributed by atoms with Gasteiger partial charge in [0.1, 0.15) is 11.5 Å². The van der Waals surface area contributed by atoms with Crippen molar-refractivity contribution in [3.8, 4) is 5.75 Å². The van der Waals surface area contributed by atoms with Crippen LogP contribution >= 0.6 is 0 Å². The van der Waals surface area contributed by atoms with Gasteiger partial charge in [0, 0.05) is 6.42 Å². The first kappa shape index (κ1) is 20.4. The molecule has 0 atom stereocenters. The van der Waals surface area contributed by atoms with Crippen LogP contribution in [0.2, 0.25) is 0 Å². The van der Waals surface area contributed by atoms with Crippen molar-refractivity contribution in [3.05, 3.63) is 29.8 Å². The predicted molar refractivity (Wildman–Crippen MR) is 102 cm³/mol. The maximum atomic E-state index is 12.8. The van der Waals surface area contributed by atoms with Crippen LogP contribution in [-0.4, -0.2) is 43.6 Å². The molecule has 1 aliphatic rings. The summed E-state index contributed by atoms with van der Waals surface area (Å²) < 4.78 is 10.5.